The van der Waals surface area contributed by atoms with Crippen molar-refractivity contribution in [2.75, 3.05) is 31.9 Å². The Morgan fingerprint density at radius 2 is 1.48 bits per heavy atom. The fraction of sp³-hybridized carbons (Fsp3) is 0.364. The molecule has 33 heavy (non-hydrogen) atoms. The molecule has 0 aromatic heterocycles. The van der Waals surface area contributed by atoms with Gasteiger partial charge in [0.25, 0.3) is 5.91 Å². The largest absolute Gasteiger partial charge is 0.495 e. The molecule has 2 rings (SSSR count). The Morgan fingerprint density at radius 1 is 0.970 bits per heavy atom. The number of carbonyl (C=O) groups is 2. The molecular formula is C22H25Cl2N3O6. The highest BCUT2D eigenvalue weighted by Crippen LogP contribution is 2.38. The van der Waals surface area contributed by atoms with Crippen molar-refractivity contribution < 1.29 is 28.5 Å². The lowest BCUT2D eigenvalue weighted by Crippen LogP contribution is -2.36. The Bertz CT molecular complexity index is 982. The lowest BCUT2D eigenvalue weighted by molar-refractivity contribution is -0.126. The third-order valence-electron chi connectivity index (χ3n) is 4.25. The second kappa shape index (κ2) is 12.3. The van der Waals surface area contributed by atoms with Gasteiger partial charge in [-0.25, -0.2) is 4.42 Å². The Hall–Kier alpha value is -3.04. The van der Waals surface area contributed by atoms with Crippen LogP contribution in [0.4, 0.5) is 11.4 Å². The Morgan fingerprint density at radius 3 is 1.91 bits per heavy atom. The molecule has 178 valence electrons. The smallest absolute Gasteiger partial charge is 0.276 e. The number of methoxy groups -OCH3 is 2. The molecule has 0 saturated carbocycles. The minimum absolute atomic E-state index is 0.254. The molecule has 9 nitrogen and oxygen atoms in total. The van der Waals surface area contributed by atoms with Crippen LogP contribution in [-0.2, 0) is 9.59 Å². The van der Waals surface area contributed by atoms with Gasteiger partial charge in [0, 0.05) is 42.1 Å². The van der Waals surface area contributed by atoms with E-state index in [4.69, 9.17) is 42.3 Å². The lowest BCUT2D eigenvalue weighted by atomic mass is 10.2. The van der Waals surface area contributed by atoms with Gasteiger partial charge < -0.3 is 18.9 Å². The van der Waals surface area contributed by atoms with Crippen molar-refractivity contribution in [1.82, 2.24) is 0 Å². The van der Waals surface area contributed by atoms with Crippen LogP contribution < -0.4 is 23.4 Å². The standard InChI is InChI=1S/C22H25Cl2N3O6/c1-6-32-16-10-15(11-17(12-16)33-7-2)27(24)22(29)21(13(3)28)26-25-14-8-18(30-4)20(23)19(9-14)31-5/h8-12,21H,6-7H2,1-5H3. The molecule has 0 fully saturated rings. The summed E-state index contributed by atoms with van der Waals surface area (Å²) >= 11 is 12.4. The molecule has 1 atom stereocenters. The average molecular weight is 498 g/mol. The highest BCUT2D eigenvalue weighted by Gasteiger charge is 2.29. The van der Waals surface area contributed by atoms with E-state index >= 15 is 0 Å². The van der Waals surface area contributed by atoms with E-state index in [0.29, 0.717) is 36.2 Å². The fourth-order valence-corrected chi connectivity index (χ4v) is 3.20. The first-order valence-corrected chi connectivity index (χ1v) is 10.7. The monoisotopic (exact) mass is 497 g/mol. The van der Waals surface area contributed by atoms with Gasteiger partial charge in [-0.3, -0.25) is 9.59 Å². The second-order valence-corrected chi connectivity index (χ2v) is 7.26. The number of Topliss-reactive ketones (excluding diaryl/α,β-unsaturated/α-hetero) is 1. The second-order valence-electron chi connectivity index (χ2n) is 6.54. The molecule has 0 aliphatic heterocycles. The van der Waals surface area contributed by atoms with Gasteiger partial charge in [0.15, 0.2) is 5.78 Å². The van der Waals surface area contributed by atoms with Gasteiger partial charge in [0.05, 0.1) is 38.8 Å². The van der Waals surface area contributed by atoms with Crippen LogP contribution >= 0.6 is 23.4 Å². The molecule has 0 N–H and O–H groups in total. The van der Waals surface area contributed by atoms with Crippen molar-refractivity contribution in [1.29, 1.82) is 0 Å². The molecule has 1 unspecified atom stereocenters. The number of amides is 1. The predicted octanol–water partition coefficient (Wildman–Crippen LogP) is 5.38. The zero-order chi connectivity index (χ0) is 24.5. The maximum atomic E-state index is 13.0. The van der Waals surface area contributed by atoms with Crippen LogP contribution in [0, 0.1) is 0 Å². The van der Waals surface area contributed by atoms with E-state index in [9.17, 15) is 9.59 Å². The summed E-state index contributed by atoms with van der Waals surface area (Å²) in [5.41, 5.74) is 0.526. The molecule has 0 saturated heterocycles. The minimum atomic E-state index is -1.48. The molecule has 0 spiro atoms. The van der Waals surface area contributed by atoms with Crippen LogP contribution in [0.25, 0.3) is 0 Å². The van der Waals surface area contributed by atoms with Gasteiger partial charge in [0.2, 0.25) is 6.04 Å². The minimum Gasteiger partial charge on any atom is -0.495 e. The van der Waals surface area contributed by atoms with E-state index in [-0.39, 0.29) is 16.4 Å². The Balaban J connectivity index is 2.36. The number of rotatable bonds is 11. The summed E-state index contributed by atoms with van der Waals surface area (Å²) in [7, 11) is 2.86. The first-order chi connectivity index (χ1) is 15.7. The topological polar surface area (TPSA) is 99.0 Å². The molecule has 1 amide bonds. The normalized spacial score (nSPS) is 11.7. The molecule has 0 aliphatic rings. The van der Waals surface area contributed by atoms with E-state index in [0.717, 1.165) is 4.42 Å². The van der Waals surface area contributed by atoms with Crippen LogP contribution in [0.3, 0.4) is 0 Å². The van der Waals surface area contributed by atoms with Crippen LogP contribution in [0.15, 0.2) is 40.6 Å². The summed E-state index contributed by atoms with van der Waals surface area (Å²) in [6.45, 7) is 5.68. The number of halogens is 2. The number of benzene rings is 2. The quantitative estimate of drug-likeness (QED) is 0.234. The zero-order valence-electron chi connectivity index (χ0n) is 18.9. The number of carbonyl (C=O) groups excluding carboxylic acids is 2. The highest BCUT2D eigenvalue weighted by atomic mass is 35.5. The fourth-order valence-electron chi connectivity index (χ4n) is 2.75. The number of hydrogen-bond donors (Lipinski definition) is 0. The third-order valence-corrected chi connectivity index (χ3v) is 4.98. The van der Waals surface area contributed by atoms with E-state index < -0.39 is 17.7 Å². The lowest BCUT2D eigenvalue weighted by Gasteiger charge is -2.19. The van der Waals surface area contributed by atoms with Crippen LogP contribution in [0.2, 0.25) is 5.02 Å². The number of azo groups is 1. The summed E-state index contributed by atoms with van der Waals surface area (Å²) in [6, 6.07) is 6.29. The van der Waals surface area contributed by atoms with Crippen molar-refractivity contribution >= 4 is 46.4 Å². The van der Waals surface area contributed by atoms with E-state index in [1.165, 1.54) is 33.3 Å². The summed E-state index contributed by atoms with van der Waals surface area (Å²) in [5, 5.41) is 8.18. The van der Waals surface area contributed by atoms with Gasteiger partial charge in [-0.1, -0.05) is 11.6 Å². The third kappa shape index (κ3) is 6.72. The van der Waals surface area contributed by atoms with E-state index in [2.05, 4.69) is 10.2 Å². The van der Waals surface area contributed by atoms with Crippen molar-refractivity contribution in [2.24, 2.45) is 10.2 Å². The predicted molar refractivity (Wildman–Crippen MR) is 126 cm³/mol. The molecule has 0 bridgehead atoms. The van der Waals surface area contributed by atoms with Gasteiger partial charge >= 0.3 is 0 Å². The van der Waals surface area contributed by atoms with Crippen molar-refractivity contribution in [3.8, 4) is 23.0 Å². The van der Waals surface area contributed by atoms with Gasteiger partial charge in [-0.05, 0) is 20.8 Å². The van der Waals surface area contributed by atoms with Crippen LogP contribution in [0.5, 0.6) is 23.0 Å². The summed E-state index contributed by atoms with van der Waals surface area (Å²) in [4.78, 5) is 25.2. The molecule has 11 heteroatoms. The molecular weight excluding hydrogens is 473 g/mol. The zero-order valence-corrected chi connectivity index (χ0v) is 20.4. The Labute approximate surface area is 202 Å². The highest BCUT2D eigenvalue weighted by molar-refractivity contribution is 6.39. The van der Waals surface area contributed by atoms with E-state index in [1.54, 1.807) is 18.2 Å². The number of anilines is 1. The molecule has 2 aromatic rings. The van der Waals surface area contributed by atoms with Crippen LogP contribution in [-0.4, -0.2) is 45.2 Å². The summed E-state index contributed by atoms with van der Waals surface area (Å²) < 4.78 is 22.2. The van der Waals surface area contributed by atoms with Crippen molar-refractivity contribution in [3.05, 3.63) is 35.4 Å². The van der Waals surface area contributed by atoms with Crippen molar-refractivity contribution in [2.45, 2.75) is 26.8 Å². The molecule has 0 aliphatic carbocycles. The number of ketones is 1. The van der Waals surface area contributed by atoms with Crippen molar-refractivity contribution in [3.63, 3.8) is 0 Å². The number of nitrogens with zero attached hydrogens (tertiary/aromatic N) is 3. The number of hydrogen-bond acceptors (Lipinski definition) is 8. The Kier molecular flexibility index (Phi) is 9.74. The first-order valence-electron chi connectivity index (χ1n) is 9.98. The first kappa shape index (κ1) is 26.2. The molecule has 0 heterocycles. The molecule has 0 radical (unpaired) electrons. The van der Waals surface area contributed by atoms with Gasteiger partial charge in [-0.2, -0.15) is 10.2 Å². The SMILES string of the molecule is CCOc1cc(OCC)cc(N(Cl)C(=O)C(N=Nc2cc(OC)c(Cl)c(OC)c2)C(C)=O)c1. The average Bonchev–Trinajstić information content (AvgIpc) is 2.79. The maximum absolute atomic E-state index is 13.0. The number of ether oxygens (including phenoxy) is 4. The summed E-state index contributed by atoms with van der Waals surface area (Å²) in [5.74, 6) is 0.165. The maximum Gasteiger partial charge on any atom is 0.276 e. The van der Waals surface area contributed by atoms with Gasteiger partial charge in [0.1, 0.15) is 28.0 Å². The summed E-state index contributed by atoms with van der Waals surface area (Å²) in [6.07, 6.45) is 0. The van der Waals surface area contributed by atoms with E-state index in [1.807, 2.05) is 13.8 Å². The molecule has 2 aromatic carbocycles. The van der Waals surface area contributed by atoms with Gasteiger partial charge in [-0.15, -0.1) is 0 Å². The van der Waals surface area contributed by atoms with Crippen LogP contribution in [0.1, 0.15) is 20.8 Å².